The Morgan fingerprint density at radius 1 is 1.47 bits per heavy atom. The number of aryl methyl sites for hydroxylation is 1. The van der Waals surface area contributed by atoms with Gasteiger partial charge < -0.3 is 14.8 Å². The van der Waals surface area contributed by atoms with Crippen LogP contribution in [0.4, 0.5) is 0 Å². The molecule has 17 heavy (non-hydrogen) atoms. The second kappa shape index (κ2) is 5.52. The number of rotatable bonds is 4. The molecule has 0 spiro atoms. The van der Waals surface area contributed by atoms with E-state index in [4.69, 9.17) is 9.47 Å². The predicted octanol–water partition coefficient (Wildman–Crippen LogP) is 2.44. The molecule has 1 aliphatic heterocycles. The lowest BCUT2D eigenvalue weighted by molar-refractivity contribution is 0.140. The van der Waals surface area contributed by atoms with Crippen molar-refractivity contribution >= 4 is 0 Å². The highest BCUT2D eigenvalue weighted by atomic mass is 16.5. The lowest BCUT2D eigenvalue weighted by Crippen LogP contribution is -2.19. The molecule has 0 bridgehead atoms. The van der Waals surface area contributed by atoms with Crippen LogP contribution in [0.5, 0.6) is 5.75 Å². The van der Waals surface area contributed by atoms with Crippen LogP contribution in [-0.2, 0) is 4.74 Å². The molecule has 2 unspecified atom stereocenters. The fourth-order valence-corrected chi connectivity index (χ4v) is 2.05. The Morgan fingerprint density at radius 3 is 2.94 bits per heavy atom. The van der Waals surface area contributed by atoms with Gasteiger partial charge in [-0.25, -0.2) is 0 Å². The average Bonchev–Trinajstić information content (AvgIpc) is 2.83. The Hall–Kier alpha value is -1.06. The molecule has 0 amide bonds. The summed E-state index contributed by atoms with van der Waals surface area (Å²) in [4.78, 5) is 0. The second-order valence-electron chi connectivity index (χ2n) is 4.66. The lowest BCUT2D eigenvalue weighted by atomic mass is 10.0. The molecule has 1 heterocycles. The van der Waals surface area contributed by atoms with Crippen LogP contribution in [0, 0.1) is 6.92 Å². The second-order valence-corrected chi connectivity index (χ2v) is 4.66. The molecule has 1 N–H and O–H groups in total. The monoisotopic (exact) mass is 235 g/mol. The first-order valence-electron chi connectivity index (χ1n) is 6.23. The Morgan fingerprint density at radius 2 is 2.29 bits per heavy atom. The highest BCUT2D eigenvalue weighted by Gasteiger charge is 2.19. The van der Waals surface area contributed by atoms with E-state index in [1.807, 2.05) is 7.05 Å². The lowest BCUT2D eigenvalue weighted by Gasteiger charge is -2.19. The summed E-state index contributed by atoms with van der Waals surface area (Å²) in [6.45, 7) is 5.77. The minimum Gasteiger partial charge on any atom is -0.488 e. The zero-order chi connectivity index (χ0) is 12.3. The summed E-state index contributed by atoms with van der Waals surface area (Å²) in [5.74, 6) is 0.980. The summed E-state index contributed by atoms with van der Waals surface area (Å²) in [6, 6.07) is 6.65. The van der Waals surface area contributed by atoms with Gasteiger partial charge in [0.25, 0.3) is 0 Å². The molecule has 2 rings (SSSR count). The number of hydrogen-bond acceptors (Lipinski definition) is 3. The van der Waals surface area contributed by atoms with Gasteiger partial charge in [0, 0.05) is 18.0 Å². The van der Waals surface area contributed by atoms with Crippen molar-refractivity contribution in [3.8, 4) is 5.75 Å². The van der Waals surface area contributed by atoms with Gasteiger partial charge in [0.05, 0.1) is 13.2 Å². The Kier molecular flexibility index (Phi) is 4.02. The average molecular weight is 235 g/mol. The van der Waals surface area contributed by atoms with E-state index >= 15 is 0 Å². The quantitative estimate of drug-likeness (QED) is 0.869. The molecule has 0 aliphatic carbocycles. The van der Waals surface area contributed by atoms with Crippen LogP contribution < -0.4 is 10.1 Å². The van der Waals surface area contributed by atoms with Crippen molar-refractivity contribution in [2.45, 2.75) is 32.4 Å². The summed E-state index contributed by atoms with van der Waals surface area (Å²) in [6.07, 6.45) is 1.20. The minimum absolute atomic E-state index is 0.209. The van der Waals surface area contributed by atoms with Gasteiger partial charge in [0.1, 0.15) is 11.9 Å². The van der Waals surface area contributed by atoms with Crippen molar-refractivity contribution in [3.05, 3.63) is 29.3 Å². The summed E-state index contributed by atoms with van der Waals surface area (Å²) >= 11 is 0. The first-order chi connectivity index (χ1) is 8.20. The maximum atomic E-state index is 6.02. The molecule has 0 aromatic heterocycles. The Labute approximate surface area is 103 Å². The van der Waals surface area contributed by atoms with Crippen LogP contribution >= 0.6 is 0 Å². The largest absolute Gasteiger partial charge is 0.488 e. The van der Waals surface area contributed by atoms with E-state index in [1.54, 1.807) is 0 Å². The van der Waals surface area contributed by atoms with Crippen molar-refractivity contribution in [2.75, 3.05) is 20.3 Å². The van der Waals surface area contributed by atoms with Crippen molar-refractivity contribution in [3.63, 3.8) is 0 Å². The molecule has 1 aromatic carbocycles. The molecule has 1 aromatic rings. The predicted molar refractivity (Wildman–Crippen MR) is 68.5 cm³/mol. The topological polar surface area (TPSA) is 30.5 Å². The van der Waals surface area contributed by atoms with Crippen LogP contribution in [-0.4, -0.2) is 26.4 Å². The fourth-order valence-electron chi connectivity index (χ4n) is 2.05. The number of benzene rings is 1. The number of nitrogens with one attached hydrogen (secondary N) is 1. The highest BCUT2D eigenvalue weighted by Crippen LogP contribution is 2.28. The van der Waals surface area contributed by atoms with Crippen molar-refractivity contribution in [1.82, 2.24) is 5.32 Å². The van der Waals surface area contributed by atoms with E-state index in [0.717, 1.165) is 18.8 Å². The van der Waals surface area contributed by atoms with Gasteiger partial charge in [-0.05, 0) is 27.0 Å². The van der Waals surface area contributed by atoms with Crippen LogP contribution in [0.1, 0.15) is 30.5 Å². The van der Waals surface area contributed by atoms with Crippen molar-refractivity contribution < 1.29 is 9.47 Å². The SMILES string of the molecule is CNC(C)c1cc(C)ccc1OC1CCOC1. The maximum Gasteiger partial charge on any atom is 0.124 e. The fraction of sp³-hybridized carbons (Fsp3) is 0.571. The van der Waals surface area contributed by atoms with Crippen molar-refractivity contribution in [1.29, 1.82) is 0 Å². The highest BCUT2D eigenvalue weighted by molar-refractivity contribution is 5.39. The van der Waals surface area contributed by atoms with Gasteiger partial charge >= 0.3 is 0 Å². The minimum atomic E-state index is 0.209. The molecule has 0 saturated carbocycles. The zero-order valence-corrected chi connectivity index (χ0v) is 10.8. The van der Waals surface area contributed by atoms with Gasteiger partial charge in [-0.3, -0.25) is 0 Å². The molecular formula is C14H21NO2. The number of hydrogen-bond donors (Lipinski definition) is 1. The number of ether oxygens (including phenoxy) is 2. The van der Waals surface area contributed by atoms with E-state index in [9.17, 15) is 0 Å². The van der Waals surface area contributed by atoms with Gasteiger partial charge in [-0.2, -0.15) is 0 Å². The molecule has 94 valence electrons. The zero-order valence-electron chi connectivity index (χ0n) is 10.8. The molecule has 1 saturated heterocycles. The molecule has 0 radical (unpaired) electrons. The molecule has 1 aliphatic rings. The van der Waals surface area contributed by atoms with Crippen LogP contribution in [0.15, 0.2) is 18.2 Å². The van der Waals surface area contributed by atoms with Crippen LogP contribution in [0.2, 0.25) is 0 Å². The summed E-state index contributed by atoms with van der Waals surface area (Å²) in [5, 5.41) is 3.26. The Bertz CT molecular complexity index is 372. The van der Waals surface area contributed by atoms with E-state index in [-0.39, 0.29) is 6.10 Å². The summed E-state index contributed by atoms with van der Waals surface area (Å²) < 4.78 is 11.4. The van der Waals surface area contributed by atoms with Gasteiger partial charge in [-0.1, -0.05) is 17.7 Å². The standard InChI is InChI=1S/C14H21NO2/c1-10-4-5-14(13(8-10)11(2)15-3)17-12-6-7-16-9-12/h4-5,8,11-12,15H,6-7,9H2,1-3H3. The van der Waals surface area contributed by atoms with Gasteiger partial charge in [0.15, 0.2) is 0 Å². The third-order valence-corrected chi connectivity index (χ3v) is 3.25. The Balaban J connectivity index is 2.19. The van der Waals surface area contributed by atoms with Crippen molar-refractivity contribution in [2.24, 2.45) is 0 Å². The normalized spacial score (nSPS) is 21.5. The van der Waals surface area contributed by atoms with E-state index in [1.165, 1.54) is 11.1 Å². The molecule has 3 nitrogen and oxygen atoms in total. The van der Waals surface area contributed by atoms with Crippen LogP contribution in [0.25, 0.3) is 0 Å². The molecule has 1 fully saturated rings. The van der Waals surface area contributed by atoms with Crippen LogP contribution in [0.3, 0.4) is 0 Å². The third-order valence-electron chi connectivity index (χ3n) is 3.25. The smallest absolute Gasteiger partial charge is 0.124 e. The summed E-state index contributed by atoms with van der Waals surface area (Å²) in [5.41, 5.74) is 2.48. The molecule has 3 heteroatoms. The third kappa shape index (κ3) is 2.99. The van der Waals surface area contributed by atoms with Gasteiger partial charge in [-0.15, -0.1) is 0 Å². The summed E-state index contributed by atoms with van der Waals surface area (Å²) in [7, 11) is 1.97. The van der Waals surface area contributed by atoms with E-state index < -0.39 is 0 Å². The van der Waals surface area contributed by atoms with E-state index in [2.05, 4.69) is 37.4 Å². The first-order valence-corrected chi connectivity index (χ1v) is 6.23. The van der Waals surface area contributed by atoms with Gasteiger partial charge in [0.2, 0.25) is 0 Å². The molecular weight excluding hydrogens is 214 g/mol. The first kappa shape index (κ1) is 12.4. The molecule has 2 atom stereocenters. The van der Waals surface area contributed by atoms with E-state index in [0.29, 0.717) is 12.6 Å². The maximum absolute atomic E-state index is 6.02.